The van der Waals surface area contributed by atoms with Gasteiger partial charge in [0.1, 0.15) is 12.0 Å². The van der Waals surface area contributed by atoms with Crippen molar-refractivity contribution in [3.05, 3.63) is 60.2 Å². The lowest BCUT2D eigenvalue weighted by atomic mass is 9.81. The Morgan fingerprint density at radius 2 is 1.50 bits per heavy atom. The number of nitrogens with zero attached hydrogens (tertiary/aromatic N) is 2. The molecule has 1 fully saturated rings. The molecule has 9 heteroatoms. The molecule has 0 bridgehead atoms. The Bertz CT molecular complexity index is 1160. The van der Waals surface area contributed by atoms with Crippen molar-refractivity contribution in [2.75, 3.05) is 26.8 Å². The van der Waals surface area contributed by atoms with Gasteiger partial charge in [0.25, 0.3) is 0 Å². The number of benzene rings is 2. The molecule has 9 nitrogen and oxygen atoms in total. The quantitative estimate of drug-likeness (QED) is 0.246. The third-order valence-electron chi connectivity index (χ3n) is 6.92. The highest BCUT2D eigenvalue weighted by Crippen LogP contribution is 2.36. The van der Waals surface area contributed by atoms with Gasteiger partial charge in [0.05, 0.1) is 25.7 Å². The summed E-state index contributed by atoms with van der Waals surface area (Å²) in [6, 6.07) is 17.8. The minimum absolute atomic E-state index is 0.0671. The van der Waals surface area contributed by atoms with Crippen molar-refractivity contribution in [2.24, 2.45) is 0 Å². The molecule has 2 amide bonds. The second-order valence-electron chi connectivity index (χ2n) is 11.0. The third-order valence-corrected chi connectivity index (χ3v) is 6.92. The summed E-state index contributed by atoms with van der Waals surface area (Å²) in [6.45, 7) is 7.98. The molecule has 1 saturated heterocycles. The highest BCUT2D eigenvalue weighted by molar-refractivity contribution is 5.95. The lowest BCUT2D eigenvalue weighted by molar-refractivity contribution is -0.155. The summed E-state index contributed by atoms with van der Waals surface area (Å²) in [7, 11) is 1.30. The maximum atomic E-state index is 13.7. The van der Waals surface area contributed by atoms with Gasteiger partial charge in [-0.3, -0.25) is 14.4 Å². The van der Waals surface area contributed by atoms with E-state index >= 15 is 0 Å². The zero-order chi connectivity index (χ0) is 29.3. The number of rotatable bonds is 9. The topological polar surface area (TPSA) is 102 Å². The summed E-state index contributed by atoms with van der Waals surface area (Å²) < 4.78 is 15.6. The Hall–Kier alpha value is -3.88. The molecule has 216 valence electrons. The van der Waals surface area contributed by atoms with Crippen LogP contribution in [0.2, 0.25) is 0 Å². The van der Waals surface area contributed by atoms with E-state index in [1.165, 1.54) is 7.11 Å². The lowest BCUT2D eigenvalue weighted by Gasteiger charge is -2.48. The van der Waals surface area contributed by atoms with Crippen molar-refractivity contribution in [1.29, 1.82) is 0 Å². The zero-order valence-corrected chi connectivity index (χ0v) is 24.1. The lowest BCUT2D eigenvalue weighted by Crippen LogP contribution is -2.59. The standard InChI is InChI=1S/C31H40N2O7/c1-6-39-27(35)20-26(34)33(22-23-12-14-25(15-13-23)24-10-8-7-9-11-24)31(21-28(36)38-5)16-18-32(19-17-31)29(37)40-30(2,3)4/h7-15H,6,16-22H2,1-5H3. The van der Waals surface area contributed by atoms with Crippen LogP contribution in [0, 0.1) is 0 Å². The third kappa shape index (κ3) is 8.31. The first kappa shape index (κ1) is 30.7. The van der Waals surface area contributed by atoms with Crippen LogP contribution in [0.4, 0.5) is 4.79 Å². The second-order valence-corrected chi connectivity index (χ2v) is 11.0. The number of carbonyl (C=O) groups is 4. The van der Waals surface area contributed by atoms with Gasteiger partial charge in [-0.2, -0.15) is 0 Å². The molecule has 3 rings (SSSR count). The van der Waals surface area contributed by atoms with Gasteiger partial charge in [0, 0.05) is 19.6 Å². The van der Waals surface area contributed by atoms with E-state index in [4.69, 9.17) is 14.2 Å². The Labute approximate surface area is 236 Å². The monoisotopic (exact) mass is 552 g/mol. The van der Waals surface area contributed by atoms with Gasteiger partial charge in [-0.05, 0) is 57.2 Å². The van der Waals surface area contributed by atoms with Gasteiger partial charge in [-0.1, -0.05) is 54.6 Å². The summed E-state index contributed by atoms with van der Waals surface area (Å²) in [5, 5.41) is 0. The first-order chi connectivity index (χ1) is 19.0. The van der Waals surface area contributed by atoms with Gasteiger partial charge >= 0.3 is 18.0 Å². The minimum Gasteiger partial charge on any atom is -0.469 e. The molecule has 1 aliphatic rings. The Balaban J connectivity index is 1.91. The molecule has 0 saturated carbocycles. The molecule has 2 aromatic carbocycles. The molecule has 1 heterocycles. The summed E-state index contributed by atoms with van der Waals surface area (Å²) in [5.41, 5.74) is 1.33. The van der Waals surface area contributed by atoms with Crippen LogP contribution in [0.1, 0.15) is 58.9 Å². The number of hydrogen-bond donors (Lipinski definition) is 0. The number of piperidine rings is 1. The molecule has 40 heavy (non-hydrogen) atoms. The first-order valence-electron chi connectivity index (χ1n) is 13.6. The minimum atomic E-state index is -0.965. The normalized spacial score (nSPS) is 14.7. The van der Waals surface area contributed by atoms with Gasteiger partial charge < -0.3 is 24.0 Å². The van der Waals surface area contributed by atoms with Gasteiger partial charge in [-0.15, -0.1) is 0 Å². The van der Waals surface area contributed by atoms with Gasteiger partial charge in [-0.25, -0.2) is 4.79 Å². The Kier molecular flexibility index (Phi) is 10.3. The SMILES string of the molecule is CCOC(=O)CC(=O)N(Cc1ccc(-c2ccccc2)cc1)C1(CC(=O)OC)CCN(C(=O)OC(C)(C)C)CC1. The van der Waals surface area contributed by atoms with E-state index in [9.17, 15) is 19.2 Å². The van der Waals surface area contributed by atoms with Crippen molar-refractivity contribution in [3.63, 3.8) is 0 Å². The summed E-state index contributed by atoms with van der Waals surface area (Å²) in [6.07, 6.45) is -0.326. The smallest absolute Gasteiger partial charge is 0.410 e. The van der Waals surface area contributed by atoms with Crippen LogP contribution < -0.4 is 0 Å². The molecule has 0 atom stereocenters. The van der Waals surface area contributed by atoms with Crippen molar-refractivity contribution in [2.45, 2.75) is 71.1 Å². The number of ether oxygens (including phenoxy) is 3. The largest absolute Gasteiger partial charge is 0.469 e. The van der Waals surface area contributed by atoms with Crippen LogP contribution in [-0.2, 0) is 35.1 Å². The molecule has 2 aromatic rings. The van der Waals surface area contributed by atoms with Crippen LogP contribution in [-0.4, -0.2) is 71.7 Å². The number of hydrogen-bond acceptors (Lipinski definition) is 7. The Morgan fingerprint density at radius 3 is 2.05 bits per heavy atom. The molecular formula is C31H40N2O7. The van der Waals surface area contributed by atoms with Crippen molar-refractivity contribution < 1.29 is 33.4 Å². The summed E-state index contributed by atoms with van der Waals surface area (Å²) in [4.78, 5) is 54.5. The van der Waals surface area contributed by atoms with E-state index < -0.39 is 41.5 Å². The van der Waals surface area contributed by atoms with Crippen molar-refractivity contribution in [3.8, 4) is 11.1 Å². The number of carbonyl (C=O) groups excluding carboxylic acids is 4. The molecule has 0 unspecified atom stereocenters. The fraction of sp³-hybridized carbons (Fsp3) is 0.484. The molecule has 1 aliphatic heterocycles. The van der Waals surface area contributed by atoms with Gasteiger partial charge in [0.2, 0.25) is 5.91 Å². The molecule has 0 N–H and O–H groups in total. The van der Waals surface area contributed by atoms with Crippen LogP contribution in [0.5, 0.6) is 0 Å². The van der Waals surface area contributed by atoms with E-state index in [0.29, 0.717) is 12.8 Å². The van der Waals surface area contributed by atoms with Crippen LogP contribution in [0.3, 0.4) is 0 Å². The number of methoxy groups -OCH3 is 1. The van der Waals surface area contributed by atoms with Crippen molar-refractivity contribution in [1.82, 2.24) is 9.80 Å². The summed E-state index contributed by atoms with van der Waals surface area (Å²) in [5.74, 6) is -1.55. The molecule has 0 aromatic heterocycles. The molecule has 0 aliphatic carbocycles. The van der Waals surface area contributed by atoms with Crippen LogP contribution in [0.25, 0.3) is 11.1 Å². The highest BCUT2D eigenvalue weighted by atomic mass is 16.6. The van der Waals surface area contributed by atoms with E-state index in [1.54, 1.807) is 37.5 Å². The zero-order valence-electron chi connectivity index (χ0n) is 24.1. The maximum Gasteiger partial charge on any atom is 0.410 e. The maximum absolute atomic E-state index is 13.7. The highest BCUT2D eigenvalue weighted by Gasteiger charge is 2.45. The first-order valence-corrected chi connectivity index (χ1v) is 13.6. The average Bonchev–Trinajstić information content (AvgIpc) is 2.92. The van der Waals surface area contributed by atoms with Crippen LogP contribution in [0.15, 0.2) is 54.6 Å². The van der Waals surface area contributed by atoms with Gasteiger partial charge in [0.15, 0.2) is 0 Å². The summed E-state index contributed by atoms with van der Waals surface area (Å²) >= 11 is 0. The molecular weight excluding hydrogens is 512 g/mol. The van der Waals surface area contributed by atoms with Crippen molar-refractivity contribution >= 4 is 23.9 Å². The fourth-order valence-electron chi connectivity index (χ4n) is 4.88. The van der Waals surface area contributed by atoms with E-state index in [-0.39, 0.29) is 32.7 Å². The predicted molar refractivity (Wildman–Crippen MR) is 150 cm³/mol. The predicted octanol–water partition coefficient (Wildman–Crippen LogP) is 4.97. The second kappa shape index (κ2) is 13.5. The number of likely N-dealkylation sites (tertiary alicyclic amines) is 1. The fourth-order valence-corrected chi connectivity index (χ4v) is 4.88. The van der Waals surface area contributed by atoms with E-state index in [0.717, 1.165) is 16.7 Å². The average molecular weight is 553 g/mol. The van der Waals surface area contributed by atoms with Crippen LogP contribution >= 0.6 is 0 Å². The number of esters is 2. The number of amides is 2. The van der Waals surface area contributed by atoms with E-state index in [1.807, 2.05) is 54.6 Å². The Morgan fingerprint density at radius 1 is 0.900 bits per heavy atom. The molecule has 0 radical (unpaired) electrons. The van der Waals surface area contributed by atoms with E-state index in [2.05, 4.69) is 0 Å². The molecule has 0 spiro atoms.